The summed E-state index contributed by atoms with van der Waals surface area (Å²) >= 11 is 0. The molecule has 164 valence electrons. The molecule has 7 nitrogen and oxygen atoms in total. The third kappa shape index (κ3) is 3.90. The van der Waals surface area contributed by atoms with Crippen LogP contribution in [-0.4, -0.2) is 48.3 Å². The fourth-order valence-corrected chi connectivity index (χ4v) is 3.93. The topological polar surface area (TPSA) is 71.8 Å². The van der Waals surface area contributed by atoms with E-state index in [9.17, 15) is 4.79 Å². The number of rotatable bonds is 5. The van der Waals surface area contributed by atoms with Crippen LogP contribution in [0.25, 0.3) is 10.9 Å². The van der Waals surface area contributed by atoms with Crippen molar-refractivity contribution in [3.63, 3.8) is 0 Å². The first-order chi connectivity index (χ1) is 14.6. The molecule has 1 aromatic heterocycles. The van der Waals surface area contributed by atoms with Gasteiger partial charge in [-0.25, -0.2) is 4.79 Å². The summed E-state index contributed by atoms with van der Waals surface area (Å²) in [5.74, 6) is 0.713. The second kappa shape index (κ2) is 7.84. The average molecular weight is 424 g/mol. The molecule has 0 spiro atoms. The number of carbonyl (C=O) groups excluding carboxylic acids is 1. The Morgan fingerprint density at radius 2 is 1.94 bits per heavy atom. The molecule has 0 saturated carbocycles. The molecule has 0 N–H and O–H groups in total. The van der Waals surface area contributed by atoms with Crippen molar-refractivity contribution in [3.8, 4) is 0 Å². The van der Waals surface area contributed by atoms with Crippen molar-refractivity contribution in [3.05, 3.63) is 47.9 Å². The molecular formula is C23H29BN2O5. The van der Waals surface area contributed by atoms with Crippen LogP contribution in [0.5, 0.6) is 0 Å². The van der Waals surface area contributed by atoms with E-state index in [1.807, 2.05) is 44.5 Å². The van der Waals surface area contributed by atoms with E-state index in [-0.39, 0.29) is 5.92 Å². The fourth-order valence-electron chi connectivity index (χ4n) is 3.93. The highest BCUT2D eigenvalue weighted by molar-refractivity contribution is 6.62. The Labute approximate surface area is 183 Å². The Morgan fingerprint density at radius 3 is 2.52 bits per heavy atom. The minimum absolute atomic E-state index is 0.260. The van der Waals surface area contributed by atoms with Crippen LogP contribution in [-0.2, 0) is 25.3 Å². The fraction of sp³-hybridized carbons (Fsp3) is 0.478. The van der Waals surface area contributed by atoms with Crippen molar-refractivity contribution >= 4 is 29.5 Å². The zero-order chi connectivity index (χ0) is 22.4. The van der Waals surface area contributed by atoms with Crippen LogP contribution in [0.2, 0.25) is 0 Å². The van der Waals surface area contributed by atoms with Crippen LogP contribution < -0.4 is 5.46 Å². The molecule has 2 aromatic rings. The summed E-state index contributed by atoms with van der Waals surface area (Å²) in [4.78, 5) is 12.7. The first-order valence-corrected chi connectivity index (χ1v) is 10.5. The van der Waals surface area contributed by atoms with Gasteiger partial charge in [0, 0.05) is 17.8 Å². The molecule has 1 fully saturated rings. The molecule has 1 unspecified atom stereocenters. The summed E-state index contributed by atoms with van der Waals surface area (Å²) in [6.45, 7) is 8.67. The maximum atomic E-state index is 12.7. The predicted octanol–water partition coefficient (Wildman–Crippen LogP) is 3.23. The van der Waals surface area contributed by atoms with Gasteiger partial charge in [-0.1, -0.05) is 12.1 Å². The van der Waals surface area contributed by atoms with Crippen molar-refractivity contribution < 1.29 is 23.6 Å². The van der Waals surface area contributed by atoms with Gasteiger partial charge in [-0.15, -0.1) is 0 Å². The van der Waals surface area contributed by atoms with Crippen molar-refractivity contribution in [1.29, 1.82) is 0 Å². The largest absolute Gasteiger partial charge is 0.497 e. The number of esters is 1. The summed E-state index contributed by atoms with van der Waals surface area (Å²) in [6.07, 6.45) is 8.77. The Balaban J connectivity index is 1.70. The summed E-state index contributed by atoms with van der Waals surface area (Å²) in [5.41, 5.74) is 1.04. The van der Waals surface area contributed by atoms with Crippen LogP contribution in [0.15, 0.2) is 42.3 Å². The Bertz CT molecular complexity index is 1050. The summed E-state index contributed by atoms with van der Waals surface area (Å²) in [7, 11) is 2.48. The first-order valence-electron chi connectivity index (χ1n) is 10.5. The van der Waals surface area contributed by atoms with Crippen LogP contribution >= 0.6 is 0 Å². The van der Waals surface area contributed by atoms with Crippen LogP contribution in [0.3, 0.4) is 0 Å². The van der Waals surface area contributed by atoms with Gasteiger partial charge in [0.05, 0.1) is 42.7 Å². The average Bonchev–Trinajstić information content (AvgIpc) is 3.24. The Morgan fingerprint density at radius 1 is 1.23 bits per heavy atom. The Hall–Kier alpha value is -2.58. The second-order valence-electron chi connectivity index (χ2n) is 9.08. The number of carbonyl (C=O) groups is 1. The molecule has 1 aliphatic carbocycles. The van der Waals surface area contributed by atoms with E-state index in [1.165, 1.54) is 7.11 Å². The number of hydrogen-bond donors (Lipinski definition) is 0. The molecule has 1 saturated heterocycles. The lowest BCUT2D eigenvalue weighted by molar-refractivity contribution is 0.00578. The van der Waals surface area contributed by atoms with Gasteiger partial charge in [-0.2, -0.15) is 5.10 Å². The SMILES string of the molecule is COC(=O)c1cc(B2OC(C)(C)C(C)(C)O2)cc2cnn(CC3C=CC(OC)=CC3)c12. The Kier molecular flexibility index (Phi) is 5.47. The van der Waals surface area contributed by atoms with Gasteiger partial charge in [0.2, 0.25) is 0 Å². The number of hydrogen-bond acceptors (Lipinski definition) is 6. The molecule has 31 heavy (non-hydrogen) atoms. The van der Waals surface area contributed by atoms with Crippen LogP contribution in [0, 0.1) is 5.92 Å². The van der Waals surface area contributed by atoms with E-state index >= 15 is 0 Å². The van der Waals surface area contributed by atoms with Crippen molar-refractivity contribution in [1.82, 2.24) is 9.78 Å². The quantitative estimate of drug-likeness (QED) is 0.542. The number of fused-ring (bicyclic) bond motifs is 1. The summed E-state index contributed by atoms with van der Waals surface area (Å²) in [6, 6.07) is 3.78. The van der Waals surface area contributed by atoms with E-state index in [4.69, 9.17) is 18.8 Å². The number of aromatic nitrogens is 2. The van der Waals surface area contributed by atoms with Gasteiger partial charge < -0.3 is 18.8 Å². The van der Waals surface area contributed by atoms with Crippen LogP contribution in [0.4, 0.5) is 0 Å². The zero-order valence-electron chi connectivity index (χ0n) is 19.0. The predicted molar refractivity (Wildman–Crippen MR) is 119 cm³/mol. The molecule has 0 amide bonds. The molecule has 1 aromatic carbocycles. The third-order valence-corrected chi connectivity index (χ3v) is 6.48. The molecular weight excluding hydrogens is 395 g/mol. The standard InChI is InChI=1S/C23H29BN2O5/c1-22(2)23(3,4)31-24(30-22)17-11-16-13-25-26(20(16)19(12-17)21(27)29-6)14-15-7-9-18(28-5)10-8-15/h7,9-13,15H,8,14H2,1-6H3. The number of ether oxygens (including phenoxy) is 2. The third-order valence-electron chi connectivity index (χ3n) is 6.48. The molecule has 8 heteroatoms. The summed E-state index contributed by atoms with van der Waals surface area (Å²) < 4.78 is 24.6. The molecule has 1 atom stereocenters. The number of benzene rings is 1. The van der Waals surface area contributed by atoms with Crippen LogP contribution in [0.1, 0.15) is 44.5 Å². The molecule has 2 aliphatic rings. The van der Waals surface area contributed by atoms with E-state index in [0.717, 1.165) is 28.5 Å². The maximum absolute atomic E-state index is 12.7. The smallest absolute Gasteiger partial charge is 0.494 e. The van der Waals surface area contributed by atoms with E-state index in [0.29, 0.717) is 12.1 Å². The van der Waals surface area contributed by atoms with Crippen molar-refractivity contribution in [2.45, 2.75) is 51.9 Å². The van der Waals surface area contributed by atoms with Gasteiger partial charge in [-0.05, 0) is 57.8 Å². The van der Waals surface area contributed by atoms with Crippen molar-refractivity contribution in [2.75, 3.05) is 14.2 Å². The monoisotopic (exact) mass is 424 g/mol. The molecule has 0 bridgehead atoms. The maximum Gasteiger partial charge on any atom is 0.494 e. The van der Waals surface area contributed by atoms with Gasteiger partial charge in [0.15, 0.2) is 0 Å². The zero-order valence-corrected chi connectivity index (χ0v) is 19.0. The second-order valence-corrected chi connectivity index (χ2v) is 9.08. The number of allylic oxidation sites excluding steroid dienone is 3. The highest BCUT2D eigenvalue weighted by Crippen LogP contribution is 2.37. The molecule has 1 aliphatic heterocycles. The van der Waals surface area contributed by atoms with E-state index < -0.39 is 24.3 Å². The van der Waals surface area contributed by atoms with Crippen molar-refractivity contribution in [2.24, 2.45) is 5.92 Å². The lowest BCUT2D eigenvalue weighted by atomic mass is 9.77. The van der Waals surface area contributed by atoms with Gasteiger partial charge in [0.25, 0.3) is 0 Å². The summed E-state index contributed by atoms with van der Waals surface area (Å²) in [5, 5.41) is 5.42. The van der Waals surface area contributed by atoms with E-state index in [2.05, 4.69) is 17.3 Å². The first kappa shape index (κ1) is 21.6. The lowest BCUT2D eigenvalue weighted by Gasteiger charge is -2.32. The molecule has 4 rings (SSSR count). The minimum Gasteiger partial charge on any atom is -0.497 e. The highest BCUT2D eigenvalue weighted by atomic mass is 16.7. The molecule has 2 heterocycles. The van der Waals surface area contributed by atoms with E-state index in [1.54, 1.807) is 19.4 Å². The number of methoxy groups -OCH3 is 2. The van der Waals surface area contributed by atoms with Gasteiger partial charge in [0.1, 0.15) is 5.76 Å². The minimum atomic E-state index is -0.569. The lowest BCUT2D eigenvalue weighted by Crippen LogP contribution is -2.41. The highest BCUT2D eigenvalue weighted by Gasteiger charge is 2.52. The van der Waals surface area contributed by atoms with Gasteiger partial charge in [-0.3, -0.25) is 4.68 Å². The molecule has 0 radical (unpaired) electrons. The normalized spacial score (nSPS) is 21.9. The number of nitrogens with zero attached hydrogens (tertiary/aromatic N) is 2. The van der Waals surface area contributed by atoms with Gasteiger partial charge >= 0.3 is 13.1 Å².